The van der Waals surface area contributed by atoms with Crippen molar-refractivity contribution >= 4 is 34.5 Å². The highest BCUT2D eigenvalue weighted by Crippen LogP contribution is 2.61. The third kappa shape index (κ3) is 17.6. The zero-order valence-corrected chi connectivity index (χ0v) is 45.6. The summed E-state index contributed by atoms with van der Waals surface area (Å²) in [4.78, 5) is 0. The van der Waals surface area contributed by atoms with E-state index in [2.05, 4.69) is 91.9 Å². The highest BCUT2D eigenvalue weighted by atomic mass is 32.2. The van der Waals surface area contributed by atoms with Gasteiger partial charge in [-0.25, -0.2) is 0 Å². The topological polar surface area (TPSA) is 112 Å². The third-order valence-corrected chi connectivity index (χ3v) is 17.5. The maximum atomic E-state index is 11.6. The third-order valence-electron chi connectivity index (χ3n) is 15.1. The van der Waals surface area contributed by atoms with E-state index < -0.39 is 16.2 Å². The number of ether oxygens (including phenoxy) is 6. The van der Waals surface area contributed by atoms with E-state index in [4.69, 9.17) is 32.6 Å². The van der Waals surface area contributed by atoms with Crippen LogP contribution < -0.4 is 0 Å². The van der Waals surface area contributed by atoms with Crippen LogP contribution in [0.2, 0.25) is 0 Å². The summed E-state index contributed by atoms with van der Waals surface area (Å²) in [6.07, 6.45) is 33.3. The number of hydrogen-bond donors (Lipinski definition) is 1. The highest BCUT2D eigenvalue weighted by Gasteiger charge is 2.73. The SMILES string of the molecule is CCCCCCCCCCS.CCCCCCCCCCS[C@H]1CC[C@]2(CO2)[C@@H]([C@@]2(C)O[C@@H]2CC=C(C)C)[C@@H]1OC.CO[C@@H]1[C@H](OS(C)(=O)=O)CC[C@]2(CO2)[C@H]1[C@@]1(C)O[C@@H]1CC=C(C)C. The summed E-state index contributed by atoms with van der Waals surface area (Å²) in [5.41, 5.74) is 1.92. The van der Waals surface area contributed by atoms with Crippen molar-refractivity contribution in [2.24, 2.45) is 11.8 Å². The van der Waals surface area contributed by atoms with Crippen LogP contribution in [0.5, 0.6) is 0 Å². The fourth-order valence-corrected chi connectivity index (χ4v) is 13.4. The normalized spacial score (nSPS) is 35.4. The Morgan fingerprint density at radius 3 is 1.48 bits per heavy atom. The highest BCUT2D eigenvalue weighted by molar-refractivity contribution is 7.99. The van der Waals surface area contributed by atoms with E-state index in [0.29, 0.717) is 30.3 Å². The van der Waals surface area contributed by atoms with Crippen LogP contribution in [0, 0.1) is 11.8 Å². The molecular weight excluding hydrogens is 877 g/mol. The van der Waals surface area contributed by atoms with E-state index in [1.54, 1.807) is 7.11 Å². The predicted octanol–water partition coefficient (Wildman–Crippen LogP) is 13.0. The Morgan fingerprint density at radius 2 is 1.08 bits per heavy atom. The fraction of sp³-hybridized carbons (Fsp3) is 0.925. The first-order chi connectivity index (χ1) is 31.0. The molecule has 0 aromatic rings. The first-order valence-electron chi connectivity index (χ1n) is 26.1. The molecule has 65 heavy (non-hydrogen) atoms. The average molecular weight is 974 g/mol. The molecule has 12 heteroatoms. The molecule has 0 unspecified atom stereocenters. The lowest BCUT2D eigenvalue weighted by atomic mass is 9.68. The molecule has 6 fully saturated rings. The lowest BCUT2D eigenvalue weighted by molar-refractivity contribution is -0.105. The van der Waals surface area contributed by atoms with E-state index in [9.17, 15) is 8.42 Å². The number of rotatable bonds is 28. The van der Waals surface area contributed by atoms with Gasteiger partial charge in [0.05, 0.1) is 61.0 Å². The minimum atomic E-state index is -3.54. The van der Waals surface area contributed by atoms with Crippen LogP contribution >= 0.6 is 24.4 Å². The Hall–Kier alpha value is -0.150. The van der Waals surface area contributed by atoms with Gasteiger partial charge in [-0.05, 0) is 104 Å². The van der Waals surface area contributed by atoms with E-state index >= 15 is 0 Å². The van der Waals surface area contributed by atoms with Crippen LogP contribution in [0.25, 0.3) is 0 Å². The summed E-state index contributed by atoms with van der Waals surface area (Å²) in [6.45, 7) is 19.0. The molecule has 4 heterocycles. The molecule has 2 saturated carbocycles. The zero-order valence-electron chi connectivity index (χ0n) is 43.1. The molecule has 6 rings (SSSR count). The molecule has 4 aliphatic heterocycles. The molecule has 9 nitrogen and oxygen atoms in total. The van der Waals surface area contributed by atoms with Crippen LogP contribution in [0.1, 0.15) is 197 Å². The minimum Gasteiger partial charge on any atom is -0.380 e. The molecule has 2 spiro atoms. The molecule has 4 saturated heterocycles. The standard InChI is InChI=1S/C26H46O3S.C17H28O6S.C10H22S/c1-6-7-8-9-10-11-12-13-18-30-21-16-17-26(19-28-26)24(23(21)27-5)25(4)22(29-25)15-14-20(2)3;1-11(2)6-7-13-16(3,22-13)15-14(20-4)12(23-24(5,18)19)8-9-17(15)10-21-17;1-2-3-4-5-6-7-8-9-10-11/h14,21-24H,6-13,15-19H2,1-5H3;6,12-15H,7-10H2,1-5H3;11H,2-10H2,1H3/t21-,22+,23+,24+,25-,26-;12-,13-,14-,15-,16+,17+;/m01./s1. The summed E-state index contributed by atoms with van der Waals surface area (Å²) >= 11 is 6.33. The summed E-state index contributed by atoms with van der Waals surface area (Å²) in [5, 5.41) is 0.574. The Labute approximate surface area is 408 Å². The lowest BCUT2D eigenvalue weighted by Crippen LogP contribution is -2.55. The van der Waals surface area contributed by atoms with Gasteiger partial charge in [0.15, 0.2) is 0 Å². The molecular formula is C53H96O9S3. The van der Waals surface area contributed by atoms with E-state index in [1.165, 1.54) is 132 Å². The van der Waals surface area contributed by atoms with Gasteiger partial charge in [-0.3, -0.25) is 4.18 Å². The van der Waals surface area contributed by atoms with Gasteiger partial charge >= 0.3 is 0 Å². The second-order valence-electron chi connectivity index (χ2n) is 21.2. The van der Waals surface area contributed by atoms with Crippen LogP contribution in [0.15, 0.2) is 23.3 Å². The fourth-order valence-electron chi connectivity index (χ4n) is 11.1. The quantitative estimate of drug-likeness (QED) is 0.0267. The van der Waals surface area contributed by atoms with E-state index in [1.807, 2.05) is 7.11 Å². The molecule has 0 bridgehead atoms. The molecule has 0 N–H and O–H groups in total. The summed E-state index contributed by atoms with van der Waals surface area (Å²) < 4.78 is 64.7. The van der Waals surface area contributed by atoms with Gasteiger partial charge in [0, 0.05) is 25.4 Å². The number of allylic oxidation sites excluding steroid dienone is 2. The number of unbranched alkanes of at least 4 members (excludes halogenated alkanes) is 14. The van der Waals surface area contributed by atoms with Crippen molar-refractivity contribution in [2.75, 3.05) is 45.2 Å². The zero-order chi connectivity index (χ0) is 47.7. The number of epoxide rings is 4. The number of hydrogen-bond acceptors (Lipinski definition) is 11. The van der Waals surface area contributed by atoms with Crippen molar-refractivity contribution in [1.82, 2.24) is 0 Å². The lowest BCUT2D eigenvalue weighted by Gasteiger charge is -2.43. The molecule has 0 aromatic heterocycles. The monoisotopic (exact) mass is 973 g/mol. The number of thioether (sulfide) groups is 1. The Kier molecular flexibility index (Phi) is 24.3. The predicted molar refractivity (Wildman–Crippen MR) is 274 cm³/mol. The largest absolute Gasteiger partial charge is 0.380 e. The van der Waals surface area contributed by atoms with Gasteiger partial charge in [-0.2, -0.15) is 32.8 Å². The van der Waals surface area contributed by atoms with Crippen molar-refractivity contribution in [3.63, 3.8) is 0 Å². The van der Waals surface area contributed by atoms with Gasteiger partial charge in [-0.1, -0.05) is 127 Å². The molecule has 380 valence electrons. The average Bonchev–Trinajstić information content (AvgIpc) is 4.14. The first-order valence-corrected chi connectivity index (χ1v) is 29.6. The second-order valence-corrected chi connectivity index (χ2v) is 24.6. The first kappa shape index (κ1) is 57.4. The van der Waals surface area contributed by atoms with Gasteiger partial charge in [-0.15, -0.1) is 0 Å². The maximum absolute atomic E-state index is 11.6. The van der Waals surface area contributed by atoms with Crippen LogP contribution in [0.4, 0.5) is 0 Å². The molecule has 12 atom stereocenters. The van der Waals surface area contributed by atoms with Crippen LogP contribution in [-0.4, -0.2) is 112 Å². The summed E-state index contributed by atoms with van der Waals surface area (Å²) in [5.74, 6) is 2.65. The van der Waals surface area contributed by atoms with Gasteiger partial charge in [0.2, 0.25) is 0 Å². The van der Waals surface area contributed by atoms with Crippen molar-refractivity contribution in [2.45, 2.75) is 255 Å². The number of methoxy groups -OCH3 is 2. The van der Waals surface area contributed by atoms with Crippen LogP contribution in [0.3, 0.4) is 0 Å². The Morgan fingerprint density at radius 1 is 0.662 bits per heavy atom. The maximum Gasteiger partial charge on any atom is 0.264 e. The molecule has 0 aromatic carbocycles. The van der Waals surface area contributed by atoms with E-state index in [-0.39, 0.29) is 46.6 Å². The van der Waals surface area contributed by atoms with Crippen molar-refractivity contribution in [1.29, 1.82) is 0 Å². The Balaban J connectivity index is 0.000000236. The van der Waals surface area contributed by atoms with Crippen LogP contribution in [-0.2, 0) is 42.7 Å². The van der Waals surface area contributed by atoms with Crippen molar-refractivity contribution < 1.29 is 41.0 Å². The van der Waals surface area contributed by atoms with Gasteiger partial charge < -0.3 is 28.4 Å². The Bertz CT molecular complexity index is 1530. The molecule has 6 aliphatic rings. The second kappa shape index (κ2) is 27.5. The minimum absolute atomic E-state index is 0.0186. The van der Waals surface area contributed by atoms with E-state index in [0.717, 1.165) is 37.9 Å². The molecule has 0 radical (unpaired) electrons. The number of thiol groups is 1. The molecule has 2 aliphatic carbocycles. The van der Waals surface area contributed by atoms with Gasteiger partial charge in [0.1, 0.15) is 17.3 Å². The van der Waals surface area contributed by atoms with Gasteiger partial charge in [0.25, 0.3) is 10.1 Å². The summed E-state index contributed by atoms with van der Waals surface area (Å²) in [6, 6.07) is 0. The van der Waals surface area contributed by atoms with Crippen molar-refractivity contribution in [3.05, 3.63) is 23.3 Å². The van der Waals surface area contributed by atoms with Crippen molar-refractivity contribution in [3.8, 4) is 0 Å². The smallest absolute Gasteiger partial charge is 0.264 e. The molecule has 0 amide bonds. The summed E-state index contributed by atoms with van der Waals surface area (Å²) in [7, 11) is -0.0300.